The summed E-state index contributed by atoms with van der Waals surface area (Å²) in [5.41, 5.74) is 3.72. The van der Waals surface area contributed by atoms with Crippen LogP contribution in [0.3, 0.4) is 0 Å². The summed E-state index contributed by atoms with van der Waals surface area (Å²) in [4.78, 5) is 12.1. The van der Waals surface area contributed by atoms with Gasteiger partial charge in [0.2, 0.25) is 5.91 Å². The zero-order chi connectivity index (χ0) is 16.1. The molecule has 1 heterocycles. The normalized spacial score (nSPS) is 10.0. The Morgan fingerprint density at radius 2 is 1.70 bits per heavy atom. The van der Waals surface area contributed by atoms with Crippen molar-refractivity contribution < 1.29 is 4.79 Å². The van der Waals surface area contributed by atoms with Crippen LogP contribution in [-0.4, -0.2) is 5.91 Å². The highest BCUT2D eigenvalue weighted by atomic mass is 32.1. The van der Waals surface area contributed by atoms with Gasteiger partial charge in [0.15, 0.2) is 0 Å². The van der Waals surface area contributed by atoms with E-state index in [1.54, 1.807) is 11.4 Å². The minimum Gasteiger partial charge on any atom is -0.316 e. The van der Waals surface area contributed by atoms with Gasteiger partial charge in [-0.15, -0.1) is 11.3 Å². The fourth-order valence-electron chi connectivity index (χ4n) is 2.30. The molecule has 0 atom stereocenters. The number of thiophene rings is 1. The molecule has 0 spiro atoms. The van der Waals surface area contributed by atoms with E-state index in [2.05, 4.69) is 23.5 Å². The zero-order valence-corrected chi connectivity index (χ0v) is 13.1. The maximum Gasteiger partial charge on any atom is 0.229 e. The number of nitriles is 1. The fourth-order valence-corrected chi connectivity index (χ4v) is 3.05. The fraction of sp³-hybridized carbons (Fsp3) is 0.0526. The van der Waals surface area contributed by atoms with Gasteiger partial charge in [-0.05, 0) is 28.1 Å². The van der Waals surface area contributed by atoms with Gasteiger partial charge in [-0.3, -0.25) is 4.79 Å². The van der Waals surface area contributed by atoms with Crippen LogP contribution in [0.4, 0.5) is 5.00 Å². The van der Waals surface area contributed by atoms with E-state index in [0.717, 1.165) is 16.7 Å². The molecule has 112 valence electrons. The number of anilines is 1. The van der Waals surface area contributed by atoms with Crippen LogP contribution >= 0.6 is 11.3 Å². The van der Waals surface area contributed by atoms with E-state index in [1.165, 1.54) is 11.3 Å². The first-order valence-corrected chi connectivity index (χ1v) is 8.06. The summed E-state index contributed by atoms with van der Waals surface area (Å²) in [6.45, 7) is 0. The molecule has 1 aromatic heterocycles. The molecule has 0 aliphatic carbocycles. The van der Waals surface area contributed by atoms with Crippen molar-refractivity contribution in [1.82, 2.24) is 0 Å². The van der Waals surface area contributed by atoms with E-state index in [-0.39, 0.29) is 12.3 Å². The molecule has 1 amide bonds. The largest absolute Gasteiger partial charge is 0.316 e. The minimum absolute atomic E-state index is 0.114. The summed E-state index contributed by atoms with van der Waals surface area (Å²) in [6, 6.07) is 21.8. The van der Waals surface area contributed by atoms with Crippen LogP contribution in [0.1, 0.15) is 11.1 Å². The maximum absolute atomic E-state index is 12.1. The van der Waals surface area contributed by atoms with Crippen molar-refractivity contribution in [2.75, 3.05) is 5.32 Å². The van der Waals surface area contributed by atoms with E-state index < -0.39 is 0 Å². The van der Waals surface area contributed by atoms with Gasteiger partial charge in [0, 0.05) is 0 Å². The SMILES string of the molecule is N#Cc1ccsc1NC(=O)Cc1ccc(-c2ccccc2)cc1. The molecule has 0 saturated heterocycles. The van der Waals surface area contributed by atoms with E-state index >= 15 is 0 Å². The molecule has 0 fully saturated rings. The Labute approximate surface area is 138 Å². The average molecular weight is 318 g/mol. The van der Waals surface area contributed by atoms with Gasteiger partial charge < -0.3 is 5.32 Å². The van der Waals surface area contributed by atoms with Gasteiger partial charge in [0.25, 0.3) is 0 Å². The molecular formula is C19H14N2OS. The van der Waals surface area contributed by atoms with Crippen LogP contribution in [-0.2, 0) is 11.2 Å². The lowest BCUT2D eigenvalue weighted by Crippen LogP contribution is -2.14. The number of nitrogens with zero attached hydrogens (tertiary/aromatic N) is 1. The van der Waals surface area contributed by atoms with Gasteiger partial charge in [-0.2, -0.15) is 5.26 Å². The zero-order valence-electron chi connectivity index (χ0n) is 12.3. The lowest BCUT2D eigenvalue weighted by molar-refractivity contribution is -0.115. The molecule has 0 bridgehead atoms. The second-order valence-electron chi connectivity index (χ2n) is 5.06. The molecule has 4 heteroatoms. The molecule has 3 rings (SSSR count). The summed E-state index contributed by atoms with van der Waals surface area (Å²) in [5, 5.41) is 14.2. The molecule has 23 heavy (non-hydrogen) atoms. The van der Waals surface area contributed by atoms with Crippen molar-refractivity contribution in [3.05, 3.63) is 77.2 Å². The third-order valence-corrected chi connectivity index (χ3v) is 4.29. The van der Waals surface area contributed by atoms with Crippen molar-refractivity contribution in [3.8, 4) is 17.2 Å². The highest BCUT2D eigenvalue weighted by Gasteiger charge is 2.09. The Hall–Kier alpha value is -2.90. The molecule has 0 saturated carbocycles. The van der Waals surface area contributed by atoms with Gasteiger partial charge in [-0.1, -0.05) is 54.6 Å². The monoisotopic (exact) mass is 318 g/mol. The molecule has 0 unspecified atom stereocenters. The van der Waals surface area contributed by atoms with E-state index in [4.69, 9.17) is 5.26 Å². The smallest absolute Gasteiger partial charge is 0.229 e. The number of carbonyl (C=O) groups is 1. The summed E-state index contributed by atoms with van der Waals surface area (Å²) in [7, 11) is 0. The van der Waals surface area contributed by atoms with Gasteiger partial charge >= 0.3 is 0 Å². The molecular weight excluding hydrogens is 304 g/mol. The number of carbonyl (C=O) groups excluding carboxylic acids is 1. The van der Waals surface area contributed by atoms with Crippen LogP contribution in [0.5, 0.6) is 0 Å². The van der Waals surface area contributed by atoms with Gasteiger partial charge in [0.1, 0.15) is 11.1 Å². The summed E-state index contributed by atoms with van der Waals surface area (Å²) < 4.78 is 0. The van der Waals surface area contributed by atoms with Crippen molar-refractivity contribution in [3.63, 3.8) is 0 Å². The molecule has 0 aliphatic heterocycles. The predicted octanol–water partition coefficient (Wildman–Crippen LogP) is 4.47. The summed E-state index contributed by atoms with van der Waals surface area (Å²) >= 11 is 1.36. The number of amides is 1. The second kappa shape index (κ2) is 6.91. The standard InChI is InChI=1S/C19H14N2OS/c20-13-17-10-11-23-19(17)21-18(22)12-14-6-8-16(9-7-14)15-4-2-1-3-5-15/h1-11H,12H2,(H,21,22). The van der Waals surface area contributed by atoms with Gasteiger partial charge in [0.05, 0.1) is 12.0 Å². The number of rotatable bonds is 4. The Kier molecular flexibility index (Phi) is 4.51. The number of benzene rings is 2. The molecule has 1 N–H and O–H groups in total. The molecule has 0 radical (unpaired) electrons. The lowest BCUT2D eigenvalue weighted by atomic mass is 10.0. The van der Waals surface area contributed by atoms with Gasteiger partial charge in [-0.25, -0.2) is 0 Å². The van der Waals surface area contributed by atoms with Crippen LogP contribution < -0.4 is 5.32 Å². The van der Waals surface area contributed by atoms with E-state index in [9.17, 15) is 4.79 Å². The minimum atomic E-state index is -0.114. The maximum atomic E-state index is 12.1. The Morgan fingerprint density at radius 3 is 2.39 bits per heavy atom. The number of hydrogen-bond acceptors (Lipinski definition) is 3. The predicted molar refractivity (Wildman–Crippen MR) is 93.2 cm³/mol. The third-order valence-electron chi connectivity index (χ3n) is 3.46. The highest BCUT2D eigenvalue weighted by Crippen LogP contribution is 2.23. The quantitative estimate of drug-likeness (QED) is 0.771. The van der Waals surface area contributed by atoms with Crippen molar-refractivity contribution in [2.24, 2.45) is 0 Å². The van der Waals surface area contributed by atoms with Crippen molar-refractivity contribution >= 4 is 22.2 Å². The topological polar surface area (TPSA) is 52.9 Å². The first-order chi connectivity index (χ1) is 11.3. The van der Waals surface area contributed by atoms with Crippen LogP contribution in [0.2, 0.25) is 0 Å². The average Bonchev–Trinajstić information content (AvgIpc) is 3.03. The van der Waals surface area contributed by atoms with Crippen molar-refractivity contribution in [2.45, 2.75) is 6.42 Å². The Morgan fingerprint density at radius 1 is 1.00 bits per heavy atom. The molecule has 0 aliphatic rings. The molecule has 3 aromatic rings. The summed E-state index contributed by atoms with van der Waals surface area (Å²) in [6.07, 6.45) is 0.290. The summed E-state index contributed by atoms with van der Waals surface area (Å²) in [5.74, 6) is -0.114. The first kappa shape index (κ1) is 15.0. The van der Waals surface area contributed by atoms with Crippen LogP contribution in [0.25, 0.3) is 11.1 Å². The molecule has 2 aromatic carbocycles. The third kappa shape index (κ3) is 3.65. The molecule has 3 nitrogen and oxygen atoms in total. The van der Waals surface area contributed by atoms with E-state index in [0.29, 0.717) is 10.6 Å². The van der Waals surface area contributed by atoms with Crippen LogP contribution in [0.15, 0.2) is 66.0 Å². The Bertz CT molecular complexity index is 845. The van der Waals surface area contributed by atoms with E-state index in [1.807, 2.05) is 42.5 Å². The number of hydrogen-bond donors (Lipinski definition) is 1. The lowest BCUT2D eigenvalue weighted by Gasteiger charge is -2.05. The van der Waals surface area contributed by atoms with Crippen molar-refractivity contribution in [1.29, 1.82) is 5.26 Å². The van der Waals surface area contributed by atoms with Crippen LogP contribution in [0, 0.1) is 11.3 Å². The highest BCUT2D eigenvalue weighted by molar-refractivity contribution is 7.14. The Balaban J connectivity index is 1.67. The number of nitrogens with one attached hydrogen (secondary N) is 1. The first-order valence-electron chi connectivity index (χ1n) is 7.18. The second-order valence-corrected chi connectivity index (χ2v) is 5.98.